The van der Waals surface area contributed by atoms with E-state index in [1.54, 1.807) is 17.0 Å². The van der Waals surface area contributed by atoms with Gasteiger partial charge in [0.25, 0.3) is 11.5 Å². The van der Waals surface area contributed by atoms with Crippen LogP contribution in [-0.2, 0) is 4.74 Å². The number of H-pyrrole nitrogens is 1. The van der Waals surface area contributed by atoms with Crippen molar-refractivity contribution in [3.63, 3.8) is 0 Å². The van der Waals surface area contributed by atoms with Crippen molar-refractivity contribution in [1.82, 2.24) is 14.8 Å². The minimum absolute atomic E-state index is 0.181. The van der Waals surface area contributed by atoms with Crippen LogP contribution in [0.15, 0.2) is 23.1 Å². The highest BCUT2D eigenvalue weighted by Crippen LogP contribution is 2.19. The maximum absolute atomic E-state index is 12.6. The minimum atomic E-state index is -0.323. The number of rotatable bonds is 1. The zero-order chi connectivity index (χ0) is 14.1. The van der Waals surface area contributed by atoms with Gasteiger partial charge in [0, 0.05) is 31.7 Å². The topological polar surface area (TPSA) is 65.6 Å². The maximum Gasteiger partial charge on any atom is 0.260 e. The molecule has 1 aromatic heterocycles. The second-order valence-corrected chi connectivity index (χ2v) is 5.62. The molecule has 0 spiro atoms. The standard InChI is InChI=1S/C14H19N3O3/c1-16-5-10-6-17(7-11(16)9-20-8-10)14(19)12-3-2-4-15-13(12)18/h2-4,10-11H,5-9H2,1H3,(H,15,18)/t10-,11+/m1/s1. The van der Waals surface area contributed by atoms with E-state index in [1.807, 2.05) is 0 Å². The highest BCUT2D eigenvalue weighted by atomic mass is 16.5. The van der Waals surface area contributed by atoms with Crippen molar-refractivity contribution >= 4 is 5.91 Å². The van der Waals surface area contributed by atoms with Gasteiger partial charge in [-0.3, -0.25) is 14.5 Å². The molecule has 0 aromatic carbocycles. The first-order valence-electron chi connectivity index (χ1n) is 6.90. The lowest BCUT2D eigenvalue weighted by Gasteiger charge is -2.29. The Balaban J connectivity index is 1.86. The number of pyridine rings is 1. The molecule has 2 aliphatic rings. The average molecular weight is 277 g/mol. The molecule has 6 nitrogen and oxygen atoms in total. The monoisotopic (exact) mass is 277 g/mol. The number of nitrogens with one attached hydrogen (secondary N) is 1. The van der Waals surface area contributed by atoms with Crippen LogP contribution in [0.3, 0.4) is 0 Å². The first-order valence-corrected chi connectivity index (χ1v) is 6.90. The number of amides is 1. The molecule has 1 aromatic rings. The fraction of sp³-hybridized carbons (Fsp3) is 0.571. The molecule has 3 heterocycles. The number of aromatic amines is 1. The molecule has 2 atom stereocenters. The quantitative estimate of drug-likeness (QED) is 0.770. The molecule has 108 valence electrons. The lowest BCUT2D eigenvalue weighted by atomic mass is 10.1. The van der Waals surface area contributed by atoms with Crippen molar-refractivity contribution in [1.29, 1.82) is 0 Å². The number of hydrogen-bond acceptors (Lipinski definition) is 4. The Kier molecular flexibility index (Phi) is 3.58. The number of likely N-dealkylation sites (N-methyl/N-ethyl adjacent to an activating group) is 1. The summed E-state index contributed by atoms with van der Waals surface area (Å²) in [5.74, 6) is 0.123. The number of ether oxygens (including phenoxy) is 1. The van der Waals surface area contributed by atoms with Crippen LogP contribution in [0.25, 0.3) is 0 Å². The van der Waals surface area contributed by atoms with Gasteiger partial charge in [-0.2, -0.15) is 0 Å². The number of nitrogens with zero attached hydrogens (tertiary/aromatic N) is 2. The van der Waals surface area contributed by atoms with Crippen molar-refractivity contribution in [3.05, 3.63) is 34.2 Å². The van der Waals surface area contributed by atoms with E-state index in [1.165, 1.54) is 6.20 Å². The molecule has 2 saturated heterocycles. The van der Waals surface area contributed by atoms with Crippen LogP contribution < -0.4 is 5.56 Å². The summed E-state index contributed by atoms with van der Waals surface area (Å²) in [7, 11) is 2.07. The van der Waals surface area contributed by atoms with E-state index in [9.17, 15) is 9.59 Å². The molecule has 1 N–H and O–H groups in total. The SMILES string of the molecule is CN1C[C@H]2COC[C@@H]1CN(C(=O)c1ccc[nH]c1=O)C2. The maximum atomic E-state index is 12.6. The van der Waals surface area contributed by atoms with E-state index in [-0.39, 0.29) is 23.1 Å². The molecule has 0 radical (unpaired) electrons. The average Bonchev–Trinajstić information content (AvgIpc) is 2.67. The number of carbonyl (C=O) groups excluding carboxylic acids is 1. The van der Waals surface area contributed by atoms with Crippen LogP contribution >= 0.6 is 0 Å². The Morgan fingerprint density at radius 1 is 1.35 bits per heavy atom. The van der Waals surface area contributed by atoms with E-state index in [0.717, 1.165) is 6.54 Å². The van der Waals surface area contributed by atoms with Crippen LogP contribution in [0.5, 0.6) is 0 Å². The molecule has 0 aliphatic carbocycles. The van der Waals surface area contributed by atoms with Gasteiger partial charge in [-0.25, -0.2) is 0 Å². The second-order valence-electron chi connectivity index (χ2n) is 5.62. The molecular formula is C14H19N3O3. The van der Waals surface area contributed by atoms with Crippen LogP contribution in [0.1, 0.15) is 10.4 Å². The zero-order valence-corrected chi connectivity index (χ0v) is 11.5. The van der Waals surface area contributed by atoms with E-state index in [4.69, 9.17) is 4.74 Å². The molecule has 1 amide bonds. The van der Waals surface area contributed by atoms with Crippen molar-refractivity contribution in [2.45, 2.75) is 6.04 Å². The Hall–Kier alpha value is -1.66. The number of carbonyl (C=O) groups is 1. The molecular weight excluding hydrogens is 258 g/mol. The third kappa shape index (κ3) is 2.48. The smallest absolute Gasteiger partial charge is 0.260 e. The summed E-state index contributed by atoms with van der Waals surface area (Å²) >= 11 is 0. The van der Waals surface area contributed by atoms with Gasteiger partial charge in [-0.15, -0.1) is 0 Å². The summed E-state index contributed by atoms with van der Waals surface area (Å²) < 4.78 is 5.64. The highest BCUT2D eigenvalue weighted by molar-refractivity contribution is 5.93. The van der Waals surface area contributed by atoms with E-state index in [2.05, 4.69) is 16.9 Å². The van der Waals surface area contributed by atoms with Crippen molar-refractivity contribution < 1.29 is 9.53 Å². The molecule has 0 unspecified atom stereocenters. The molecule has 2 bridgehead atoms. The molecule has 3 rings (SSSR count). The van der Waals surface area contributed by atoms with Gasteiger partial charge >= 0.3 is 0 Å². The summed E-state index contributed by atoms with van der Waals surface area (Å²) in [5.41, 5.74) is -0.104. The zero-order valence-electron chi connectivity index (χ0n) is 11.5. The Morgan fingerprint density at radius 3 is 3.00 bits per heavy atom. The molecule has 6 heteroatoms. The predicted molar refractivity (Wildman–Crippen MR) is 73.7 cm³/mol. The van der Waals surface area contributed by atoms with Gasteiger partial charge in [-0.05, 0) is 19.2 Å². The molecule has 2 fully saturated rings. The van der Waals surface area contributed by atoms with Gasteiger partial charge in [0.2, 0.25) is 0 Å². The van der Waals surface area contributed by atoms with Gasteiger partial charge < -0.3 is 14.6 Å². The van der Waals surface area contributed by atoms with Gasteiger partial charge in [0.1, 0.15) is 5.56 Å². The fourth-order valence-electron chi connectivity index (χ4n) is 2.98. The van der Waals surface area contributed by atoms with Gasteiger partial charge in [0.15, 0.2) is 0 Å². The normalized spacial score (nSPS) is 27.1. The first-order chi connectivity index (χ1) is 9.65. The lowest BCUT2D eigenvalue weighted by Crippen LogP contribution is -2.45. The predicted octanol–water partition coefficient (Wildman–Crippen LogP) is -0.222. The third-order valence-corrected chi connectivity index (χ3v) is 4.08. The van der Waals surface area contributed by atoms with Crippen LogP contribution in [0.2, 0.25) is 0 Å². The van der Waals surface area contributed by atoms with Crippen LogP contribution in [0.4, 0.5) is 0 Å². The van der Waals surface area contributed by atoms with Crippen molar-refractivity contribution in [2.24, 2.45) is 5.92 Å². The van der Waals surface area contributed by atoms with E-state index < -0.39 is 0 Å². The van der Waals surface area contributed by atoms with Crippen LogP contribution in [-0.4, -0.2) is 66.6 Å². The number of fused-ring (bicyclic) bond motifs is 3. The molecule has 2 aliphatic heterocycles. The van der Waals surface area contributed by atoms with E-state index in [0.29, 0.717) is 32.2 Å². The second kappa shape index (κ2) is 5.38. The largest absolute Gasteiger partial charge is 0.379 e. The first kappa shape index (κ1) is 13.3. The Bertz CT molecular complexity index is 557. The molecule has 20 heavy (non-hydrogen) atoms. The summed E-state index contributed by atoms with van der Waals surface area (Å²) in [6.45, 7) is 3.51. The van der Waals surface area contributed by atoms with Crippen LogP contribution in [0, 0.1) is 5.92 Å². The third-order valence-electron chi connectivity index (χ3n) is 4.08. The summed E-state index contributed by atoms with van der Waals surface area (Å²) in [4.78, 5) is 30.9. The fourth-order valence-corrected chi connectivity index (χ4v) is 2.98. The highest BCUT2D eigenvalue weighted by Gasteiger charge is 2.34. The summed E-state index contributed by atoms with van der Waals surface area (Å²) in [6, 6.07) is 3.47. The van der Waals surface area contributed by atoms with Gasteiger partial charge in [-0.1, -0.05) is 0 Å². The molecule has 0 saturated carbocycles. The van der Waals surface area contributed by atoms with Crippen molar-refractivity contribution in [2.75, 3.05) is 39.9 Å². The van der Waals surface area contributed by atoms with Crippen molar-refractivity contribution in [3.8, 4) is 0 Å². The Labute approximate surface area is 117 Å². The lowest BCUT2D eigenvalue weighted by molar-refractivity contribution is 0.0432. The summed E-state index contributed by atoms with van der Waals surface area (Å²) in [6.07, 6.45) is 1.54. The van der Waals surface area contributed by atoms with E-state index >= 15 is 0 Å². The van der Waals surface area contributed by atoms with Gasteiger partial charge in [0.05, 0.1) is 19.3 Å². The number of hydrogen-bond donors (Lipinski definition) is 1. The Morgan fingerprint density at radius 2 is 2.20 bits per heavy atom. The minimum Gasteiger partial charge on any atom is -0.379 e. The summed E-state index contributed by atoms with van der Waals surface area (Å²) in [5, 5.41) is 0. The number of aromatic nitrogens is 1.